The van der Waals surface area contributed by atoms with Crippen molar-refractivity contribution in [1.82, 2.24) is 14.6 Å². The van der Waals surface area contributed by atoms with Gasteiger partial charge in [-0.3, -0.25) is 0 Å². The van der Waals surface area contributed by atoms with E-state index in [9.17, 15) is 0 Å². The fourth-order valence-electron chi connectivity index (χ4n) is 1.45. The lowest BCUT2D eigenvalue weighted by atomic mass is 10.3. The van der Waals surface area contributed by atoms with E-state index in [2.05, 4.69) is 10.1 Å². The van der Waals surface area contributed by atoms with E-state index in [0.717, 1.165) is 17.6 Å². The van der Waals surface area contributed by atoms with Gasteiger partial charge in [0.1, 0.15) is 11.8 Å². The Bertz CT molecular complexity index is 474. The second-order valence-electron chi connectivity index (χ2n) is 3.87. The molecule has 100 valence electrons. The molecule has 6 nitrogen and oxygen atoms in total. The summed E-state index contributed by atoms with van der Waals surface area (Å²) in [7, 11) is 1.60. The van der Waals surface area contributed by atoms with Crippen molar-refractivity contribution in [3.63, 3.8) is 0 Å². The van der Waals surface area contributed by atoms with E-state index in [0.29, 0.717) is 5.82 Å². The van der Waals surface area contributed by atoms with E-state index in [1.807, 2.05) is 26.0 Å². The van der Waals surface area contributed by atoms with Crippen LogP contribution in [0.15, 0.2) is 18.5 Å². The van der Waals surface area contributed by atoms with Crippen LogP contribution in [0.5, 0.6) is 0 Å². The van der Waals surface area contributed by atoms with Crippen molar-refractivity contribution < 1.29 is 9.84 Å². The number of aliphatic hydroxyl groups excluding tert-OH is 1. The van der Waals surface area contributed by atoms with Gasteiger partial charge in [0.05, 0.1) is 12.7 Å². The number of aryl methyl sites for hydroxylation is 1. The molecule has 0 aliphatic heterocycles. The molecule has 0 aliphatic carbocycles. The zero-order chi connectivity index (χ0) is 13.5. The molecule has 0 bridgehead atoms. The Balaban J connectivity index is 0.000000203. The normalized spacial score (nSPS) is 12.0. The van der Waals surface area contributed by atoms with Gasteiger partial charge < -0.3 is 15.6 Å². The van der Waals surface area contributed by atoms with Crippen LogP contribution in [0.25, 0.3) is 5.52 Å². The summed E-state index contributed by atoms with van der Waals surface area (Å²) in [6.07, 6.45) is 2.38. The Morgan fingerprint density at radius 3 is 2.67 bits per heavy atom. The van der Waals surface area contributed by atoms with E-state index in [4.69, 9.17) is 15.6 Å². The minimum Gasteiger partial charge on any atom is -0.394 e. The van der Waals surface area contributed by atoms with Crippen molar-refractivity contribution in [3.05, 3.63) is 24.2 Å². The first-order chi connectivity index (χ1) is 8.63. The number of nitrogens with zero attached hydrogens (tertiary/aromatic N) is 3. The molecule has 18 heavy (non-hydrogen) atoms. The van der Waals surface area contributed by atoms with Crippen LogP contribution < -0.4 is 5.73 Å². The van der Waals surface area contributed by atoms with Crippen LogP contribution in [-0.4, -0.2) is 39.5 Å². The first-order valence-electron chi connectivity index (χ1n) is 5.82. The third kappa shape index (κ3) is 3.41. The lowest BCUT2D eigenvalue weighted by molar-refractivity contribution is 0.0467. The second kappa shape index (κ2) is 6.93. The van der Waals surface area contributed by atoms with Crippen LogP contribution in [0.1, 0.15) is 19.0 Å². The number of fused-ring (bicyclic) bond motifs is 1. The zero-order valence-electron chi connectivity index (χ0n) is 11.0. The summed E-state index contributed by atoms with van der Waals surface area (Å²) in [4.78, 5) is 3.87. The molecule has 1 atom stereocenters. The number of aliphatic hydroxyl groups is 1. The van der Waals surface area contributed by atoms with E-state index in [1.54, 1.807) is 11.6 Å². The number of nitrogens with two attached hydrogens (primary N) is 1. The largest absolute Gasteiger partial charge is 0.394 e. The first kappa shape index (κ1) is 14.4. The van der Waals surface area contributed by atoms with Crippen molar-refractivity contribution >= 4 is 11.3 Å². The van der Waals surface area contributed by atoms with E-state index >= 15 is 0 Å². The van der Waals surface area contributed by atoms with E-state index in [-0.39, 0.29) is 12.7 Å². The Kier molecular flexibility index (Phi) is 5.54. The molecule has 0 aliphatic rings. The molecule has 0 saturated carbocycles. The maximum absolute atomic E-state index is 8.40. The van der Waals surface area contributed by atoms with Gasteiger partial charge in [0.25, 0.3) is 0 Å². The number of hydrogen-bond acceptors (Lipinski definition) is 5. The van der Waals surface area contributed by atoms with Crippen molar-refractivity contribution in [3.8, 4) is 0 Å². The van der Waals surface area contributed by atoms with Crippen LogP contribution >= 0.6 is 0 Å². The minimum atomic E-state index is 0.0417. The standard InChI is InChI=1S/C7H8N4.C5H12O2/c1-5-2-3-6-7(8)9-4-10-11(5)6;1-3-5(4-6)7-2/h2-4H,1H3,(H2,8,9,10);5-6H,3-4H2,1-2H3. The summed E-state index contributed by atoms with van der Waals surface area (Å²) in [6, 6.07) is 3.87. The molecule has 2 aromatic heterocycles. The number of anilines is 1. The lowest BCUT2D eigenvalue weighted by Crippen LogP contribution is -2.13. The Morgan fingerprint density at radius 1 is 1.50 bits per heavy atom. The summed E-state index contributed by atoms with van der Waals surface area (Å²) in [6.45, 7) is 4.08. The van der Waals surface area contributed by atoms with Gasteiger partial charge in [-0.05, 0) is 25.5 Å². The van der Waals surface area contributed by atoms with Gasteiger partial charge in [-0.15, -0.1) is 0 Å². The van der Waals surface area contributed by atoms with Gasteiger partial charge >= 0.3 is 0 Å². The Morgan fingerprint density at radius 2 is 2.22 bits per heavy atom. The van der Waals surface area contributed by atoms with Crippen molar-refractivity contribution in [2.24, 2.45) is 0 Å². The monoisotopic (exact) mass is 252 g/mol. The molecular weight excluding hydrogens is 232 g/mol. The lowest BCUT2D eigenvalue weighted by Gasteiger charge is -2.06. The number of rotatable bonds is 3. The molecule has 0 fully saturated rings. The predicted octanol–water partition coefficient (Wildman–Crippen LogP) is 1.02. The highest BCUT2D eigenvalue weighted by Gasteiger charge is 2.00. The fraction of sp³-hybridized carbons (Fsp3) is 0.500. The number of ether oxygens (including phenoxy) is 1. The summed E-state index contributed by atoms with van der Waals surface area (Å²) in [5.41, 5.74) is 7.53. The summed E-state index contributed by atoms with van der Waals surface area (Å²) in [5, 5.41) is 12.4. The maximum atomic E-state index is 8.40. The molecule has 1 unspecified atom stereocenters. The first-order valence-corrected chi connectivity index (χ1v) is 5.82. The van der Waals surface area contributed by atoms with Gasteiger partial charge in [-0.2, -0.15) is 5.10 Å². The average molecular weight is 252 g/mol. The van der Waals surface area contributed by atoms with Crippen molar-refractivity contribution in [2.45, 2.75) is 26.4 Å². The average Bonchev–Trinajstić information content (AvgIpc) is 2.76. The Hall–Kier alpha value is -1.66. The molecule has 0 amide bonds. The van der Waals surface area contributed by atoms with Gasteiger partial charge in [0, 0.05) is 12.8 Å². The minimum absolute atomic E-state index is 0.0417. The van der Waals surface area contributed by atoms with Crippen LogP contribution in [-0.2, 0) is 4.74 Å². The number of aromatic nitrogens is 3. The maximum Gasteiger partial charge on any atom is 0.151 e. The third-order valence-electron chi connectivity index (χ3n) is 2.66. The van der Waals surface area contributed by atoms with Crippen LogP contribution in [0.2, 0.25) is 0 Å². The van der Waals surface area contributed by atoms with Crippen LogP contribution in [0, 0.1) is 6.92 Å². The molecule has 0 spiro atoms. The van der Waals surface area contributed by atoms with Crippen LogP contribution in [0.3, 0.4) is 0 Å². The molecule has 0 saturated heterocycles. The highest BCUT2D eigenvalue weighted by atomic mass is 16.5. The quantitative estimate of drug-likeness (QED) is 0.852. The molecular formula is C12H20N4O2. The zero-order valence-corrected chi connectivity index (χ0v) is 11.0. The summed E-state index contributed by atoms with van der Waals surface area (Å²) >= 11 is 0. The highest BCUT2D eigenvalue weighted by Crippen LogP contribution is 2.11. The smallest absolute Gasteiger partial charge is 0.151 e. The van der Waals surface area contributed by atoms with Gasteiger partial charge in [0.15, 0.2) is 5.82 Å². The molecule has 2 rings (SSSR count). The topological polar surface area (TPSA) is 85.7 Å². The molecule has 2 aromatic rings. The number of hydrogen-bond donors (Lipinski definition) is 2. The van der Waals surface area contributed by atoms with Gasteiger partial charge in [-0.25, -0.2) is 9.50 Å². The second-order valence-corrected chi connectivity index (χ2v) is 3.87. The molecule has 3 N–H and O–H groups in total. The molecule has 0 aromatic carbocycles. The van der Waals surface area contributed by atoms with E-state index in [1.165, 1.54) is 6.33 Å². The van der Waals surface area contributed by atoms with Crippen molar-refractivity contribution in [1.29, 1.82) is 0 Å². The summed E-state index contributed by atoms with van der Waals surface area (Å²) in [5.74, 6) is 0.521. The molecule has 0 radical (unpaired) electrons. The number of nitrogen functional groups attached to an aromatic ring is 1. The fourth-order valence-corrected chi connectivity index (χ4v) is 1.45. The number of methoxy groups -OCH3 is 1. The third-order valence-corrected chi connectivity index (χ3v) is 2.66. The summed E-state index contributed by atoms with van der Waals surface area (Å²) < 4.78 is 6.56. The predicted molar refractivity (Wildman–Crippen MR) is 70.3 cm³/mol. The van der Waals surface area contributed by atoms with Gasteiger partial charge in [-0.1, -0.05) is 6.92 Å². The Labute approximate surface area is 106 Å². The highest BCUT2D eigenvalue weighted by molar-refractivity contribution is 5.65. The van der Waals surface area contributed by atoms with Crippen molar-refractivity contribution in [2.75, 3.05) is 19.5 Å². The van der Waals surface area contributed by atoms with E-state index < -0.39 is 0 Å². The molecule has 6 heteroatoms. The van der Waals surface area contributed by atoms with Gasteiger partial charge in [0.2, 0.25) is 0 Å². The SMILES string of the molecule is CCC(CO)OC.Cc1ccc2c(N)ncnn12. The van der Waals surface area contributed by atoms with Crippen LogP contribution in [0.4, 0.5) is 5.82 Å². The molecule has 2 heterocycles.